The normalized spacial score (nSPS) is 10.9. The topological polar surface area (TPSA) is 106 Å². The Kier molecular flexibility index (Phi) is 7.76. The van der Waals surface area contributed by atoms with E-state index in [0.29, 0.717) is 22.7 Å². The fourth-order valence-corrected chi connectivity index (χ4v) is 3.30. The fourth-order valence-electron chi connectivity index (χ4n) is 3.30. The molecule has 0 fully saturated rings. The van der Waals surface area contributed by atoms with Gasteiger partial charge in [0.2, 0.25) is 0 Å². The van der Waals surface area contributed by atoms with Crippen LogP contribution in [-0.2, 0) is 9.59 Å². The zero-order chi connectivity index (χ0) is 24.7. The molecule has 0 saturated heterocycles. The Labute approximate surface area is 197 Å². The molecule has 174 valence electrons. The van der Waals surface area contributed by atoms with Gasteiger partial charge in [0.25, 0.3) is 0 Å². The number of benzene rings is 3. The van der Waals surface area contributed by atoms with E-state index in [-0.39, 0.29) is 11.3 Å². The molecule has 0 heterocycles. The number of para-hydroxylation sites is 2. The number of nitrogens with one attached hydrogen (secondary N) is 2. The zero-order valence-corrected chi connectivity index (χ0v) is 19.3. The smallest absolute Gasteiger partial charge is 0.347 e. The summed E-state index contributed by atoms with van der Waals surface area (Å²) in [5.74, 6) is -1.75. The van der Waals surface area contributed by atoms with Gasteiger partial charge in [-0.1, -0.05) is 30.3 Å². The molecule has 3 rings (SSSR count). The van der Waals surface area contributed by atoms with Gasteiger partial charge in [0.1, 0.15) is 17.1 Å². The highest BCUT2D eigenvalue weighted by Gasteiger charge is 2.18. The van der Waals surface area contributed by atoms with Crippen LogP contribution in [0.15, 0.2) is 71.8 Å². The lowest BCUT2D eigenvalue weighted by Gasteiger charge is -2.12. The monoisotopic (exact) mass is 459 g/mol. The Hall–Kier alpha value is -4.46. The molecule has 2 amide bonds. The second-order valence-electron chi connectivity index (χ2n) is 7.55. The van der Waals surface area contributed by atoms with E-state index in [1.807, 2.05) is 19.9 Å². The molecule has 0 aliphatic heterocycles. The summed E-state index contributed by atoms with van der Waals surface area (Å²) in [6, 6.07) is 18.9. The van der Waals surface area contributed by atoms with Crippen LogP contribution in [0.3, 0.4) is 0 Å². The molecule has 0 aliphatic rings. The van der Waals surface area contributed by atoms with Gasteiger partial charge in [0.05, 0.1) is 12.8 Å². The molecule has 0 aromatic heterocycles. The Bertz CT molecular complexity index is 1250. The fraction of sp³-hybridized carbons (Fsp3) is 0.154. The molecule has 0 saturated carbocycles. The summed E-state index contributed by atoms with van der Waals surface area (Å²) in [5.41, 5.74) is 5.77. The van der Waals surface area contributed by atoms with Crippen LogP contribution in [0.5, 0.6) is 11.5 Å². The van der Waals surface area contributed by atoms with Crippen molar-refractivity contribution >= 4 is 29.2 Å². The van der Waals surface area contributed by atoms with Gasteiger partial charge < -0.3 is 14.8 Å². The summed E-state index contributed by atoms with van der Waals surface area (Å²) in [7, 11) is 1.47. The number of anilines is 1. The van der Waals surface area contributed by atoms with Gasteiger partial charge in [-0.25, -0.2) is 10.2 Å². The van der Waals surface area contributed by atoms with E-state index in [1.54, 1.807) is 67.6 Å². The first-order valence-corrected chi connectivity index (χ1v) is 10.5. The summed E-state index contributed by atoms with van der Waals surface area (Å²) in [4.78, 5) is 37.2. The molecule has 0 radical (unpaired) electrons. The van der Waals surface area contributed by atoms with Crippen LogP contribution in [0, 0.1) is 13.8 Å². The second kappa shape index (κ2) is 10.9. The Morgan fingerprint density at radius 2 is 1.38 bits per heavy atom. The van der Waals surface area contributed by atoms with Gasteiger partial charge in [-0.2, -0.15) is 5.10 Å². The third kappa shape index (κ3) is 6.07. The molecular formula is C26H25N3O5. The van der Waals surface area contributed by atoms with Crippen LogP contribution in [0.25, 0.3) is 0 Å². The third-order valence-electron chi connectivity index (χ3n) is 4.82. The van der Waals surface area contributed by atoms with Gasteiger partial charge in [0, 0.05) is 11.3 Å². The van der Waals surface area contributed by atoms with Crippen molar-refractivity contribution in [2.45, 2.75) is 20.8 Å². The van der Waals surface area contributed by atoms with Crippen molar-refractivity contribution in [1.82, 2.24) is 5.43 Å². The van der Waals surface area contributed by atoms with Gasteiger partial charge >= 0.3 is 17.8 Å². The Balaban J connectivity index is 1.71. The number of ether oxygens (including phenoxy) is 2. The van der Waals surface area contributed by atoms with Crippen molar-refractivity contribution in [2.24, 2.45) is 5.10 Å². The van der Waals surface area contributed by atoms with Crippen LogP contribution >= 0.6 is 0 Å². The first kappa shape index (κ1) is 24.2. The first-order valence-electron chi connectivity index (χ1n) is 10.5. The van der Waals surface area contributed by atoms with Gasteiger partial charge in [0.15, 0.2) is 0 Å². The summed E-state index contributed by atoms with van der Waals surface area (Å²) in [6.07, 6.45) is 0. The molecule has 0 atom stereocenters. The predicted molar refractivity (Wildman–Crippen MR) is 129 cm³/mol. The Morgan fingerprint density at radius 1 is 0.794 bits per heavy atom. The van der Waals surface area contributed by atoms with Crippen molar-refractivity contribution < 1.29 is 23.9 Å². The standard InChI is InChI=1S/C26H25N3O5/c1-16-13-17(2)15-19(14-16)27-24(30)25(31)29-28-18(3)20-9-5-8-12-23(20)34-26(32)21-10-6-7-11-22(21)33-4/h5-15H,1-4H3,(H,27,30)(H,29,31). The number of hydrogen-bond acceptors (Lipinski definition) is 6. The highest BCUT2D eigenvalue weighted by molar-refractivity contribution is 6.39. The zero-order valence-electron chi connectivity index (χ0n) is 19.3. The number of nitrogens with zero attached hydrogens (tertiary/aromatic N) is 1. The maximum Gasteiger partial charge on any atom is 0.347 e. The number of esters is 1. The lowest BCUT2D eigenvalue weighted by Crippen LogP contribution is -2.33. The quantitative estimate of drug-likeness (QED) is 0.190. The molecule has 0 bridgehead atoms. The Morgan fingerprint density at radius 3 is 2.03 bits per heavy atom. The minimum absolute atomic E-state index is 0.244. The average molecular weight is 460 g/mol. The second-order valence-corrected chi connectivity index (χ2v) is 7.55. The SMILES string of the molecule is COc1ccccc1C(=O)Oc1ccccc1C(C)=NNC(=O)C(=O)Nc1cc(C)cc(C)c1. The van der Waals surface area contributed by atoms with E-state index in [4.69, 9.17) is 9.47 Å². The molecule has 8 heteroatoms. The number of aryl methyl sites for hydroxylation is 2. The molecule has 0 aliphatic carbocycles. The van der Waals surface area contributed by atoms with Crippen molar-refractivity contribution in [2.75, 3.05) is 12.4 Å². The van der Waals surface area contributed by atoms with Crippen LogP contribution in [0.2, 0.25) is 0 Å². The van der Waals surface area contributed by atoms with E-state index < -0.39 is 17.8 Å². The number of carbonyl (C=O) groups excluding carboxylic acids is 3. The third-order valence-corrected chi connectivity index (χ3v) is 4.82. The molecular weight excluding hydrogens is 434 g/mol. The van der Waals surface area contributed by atoms with Crippen molar-refractivity contribution in [1.29, 1.82) is 0 Å². The predicted octanol–water partition coefficient (Wildman–Crippen LogP) is 4.01. The minimum atomic E-state index is -0.929. The van der Waals surface area contributed by atoms with E-state index in [0.717, 1.165) is 11.1 Å². The van der Waals surface area contributed by atoms with E-state index in [9.17, 15) is 14.4 Å². The molecule has 34 heavy (non-hydrogen) atoms. The summed E-state index contributed by atoms with van der Waals surface area (Å²) < 4.78 is 10.8. The van der Waals surface area contributed by atoms with Crippen LogP contribution in [0.1, 0.15) is 34.0 Å². The van der Waals surface area contributed by atoms with Gasteiger partial charge in [-0.3, -0.25) is 9.59 Å². The first-order chi connectivity index (χ1) is 16.3. The lowest BCUT2D eigenvalue weighted by molar-refractivity contribution is -0.136. The van der Waals surface area contributed by atoms with E-state index >= 15 is 0 Å². The maximum atomic E-state index is 12.7. The minimum Gasteiger partial charge on any atom is -0.496 e. The largest absolute Gasteiger partial charge is 0.496 e. The van der Waals surface area contributed by atoms with Crippen molar-refractivity contribution in [3.63, 3.8) is 0 Å². The van der Waals surface area contributed by atoms with Crippen LogP contribution in [-0.4, -0.2) is 30.6 Å². The van der Waals surface area contributed by atoms with Crippen LogP contribution in [0.4, 0.5) is 5.69 Å². The number of carbonyl (C=O) groups is 3. The van der Waals surface area contributed by atoms with E-state index in [1.165, 1.54) is 7.11 Å². The highest BCUT2D eigenvalue weighted by atomic mass is 16.5. The van der Waals surface area contributed by atoms with E-state index in [2.05, 4.69) is 15.8 Å². The van der Waals surface area contributed by atoms with Gasteiger partial charge in [-0.15, -0.1) is 0 Å². The summed E-state index contributed by atoms with van der Waals surface area (Å²) >= 11 is 0. The summed E-state index contributed by atoms with van der Waals surface area (Å²) in [6.45, 7) is 5.42. The van der Waals surface area contributed by atoms with Crippen molar-refractivity contribution in [3.8, 4) is 11.5 Å². The van der Waals surface area contributed by atoms with Gasteiger partial charge in [-0.05, 0) is 68.3 Å². The molecule has 3 aromatic carbocycles. The highest BCUT2D eigenvalue weighted by Crippen LogP contribution is 2.23. The number of methoxy groups -OCH3 is 1. The molecule has 8 nitrogen and oxygen atoms in total. The number of hydrazone groups is 1. The summed E-state index contributed by atoms with van der Waals surface area (Å²) in [5, 5.41) is 6.56. The number of amides is 2. The maximum absolute atomic E-state index is 12.7. The molecule has 0 unspecified atom stereocenters. The molecule has 0 spiro atoms. The number of rotatable bonds is 6. The average Bonchev–Trinajstić information content (AvgIpc) is 2.81. The molecule has 3 aromatic rings. The van der Waals surface area contributed by atoms with Crippen LogP contribution < -0.4 is 20.2 Å². The number of hydrogen-bond donors (Lipinski definition) is 2. The molecule has 2 N–H and O–H groups in total. The lowest BCUT2D eigenvalue weighted by atomic mass is 10.1. The van der Waals surface area contributed by atoms with Crippen molar-refractivity contribution in [3.05, 3.63) is 89.0 Å².